The molecule has 0 atom stereocenters. The molecular weight excluding hydrogens is 422 g/mol. The monoisotopic (exact) mass is 447 g/mol. The number of imidazole rings is 1. The molecule has 1 aromatic carbocycles. The quantitative estimate of drug-likeness (QED) is 0.418. The lowest BCUT2D eigenvalue weighted by Gasteiger charge is -2.34. The minimum atomic E-state index is 0.0919. The van der Waals surface area contributed by atoms with Gasteiger partial charge in [0.05, 0.1) is 22.7 Å². The summed E-state index contributed by atoms with van der Waals surface area (Å²) in [5, 5.41) is 3.94. The van der Waals surface area contributed by atoms with E-state index in [0.29, 0.717) is 18.8 Å². The zero-order valence-electron chi connectivity index (χ0n) is 18.0. The second-order valence-electron chi connectivity index (χ2n) is 7.99. The number of amides is 1. The van der Waals surface area contributed by atoms with Crippen molar-refractivity contribution in [1.29, 1.82) is 0 Å². The van der Waals surface area contributed by atoms with Crippen LogP contribution < -0.4 is 0 Å². The summed E-state index contributed by atoms with van der Waals surface area (Å²) in [6.07, 6.45) is 4.10. The number of fused-ring (bicyclic) bond motifs is 1. The number of aromatic nitrogens is 3. The third kappa shape index (κ3) is 4.56. The normalized spacial score (nSPS) is 14.8. The zero-order chi connectivity index (χ0) is 21.9. The van der Waals surface area contributed by atoms with E-state index in [2.05, 4.69) is 16.3 Å². The van der Waals surface area contributed by atoms with E-state index in [-0.39, 0.29) is 5.91 Å². The molecule has 1 aliphatic heterocycles. The Hall–Kier alpha value is -3.10. The summed E-state index contributed by atoms with van der Waals surface area (Å²) in [4.78, 5) is 23.2. The molecule has 1 fully saturated rings. The molecule has 0 saturated carbocycles. The van der Waals surface area contributed by atoms with E-state index >= 15 is 0 Å². The summed E-state index contributed by atoms with van der Waals surface area (Å²) < 4.78 is 7.35. The maximum Gasteiger partial charge on any atom is 0.255 e. The standard InChI is InChI=1S/C24H25N5O2S/c1-18-14-20(31-26-18)17-32-22-7-3-2-6-21(22)24(30)28-12-10-27(11-13-28)15-19-16-29-9-5-4-8-23(29)25-19/h2-9,14,16H,10-13,15,17H2,1H3. The van der Waals surface area contributed by atoms with Gasteiger partial charge in [0.25, 0.3) is 5.91 Å². The van der Waals surface area contributed by atoms with Gasteiger partial charge in [-0.1, -0.05) is 23.4 Å². The van der Waals surface area contributed by atoms with Gasteiger partial charge in [0.2, 0.25) is 0 Å². The molecule has 0 bridgehead atoms. The van der Waals surface area contributed by atoms with E-state index in [4.69, 9.17) is 9.51 Å². The highest BCUT2D eigenvalue weighted by Crippen LogP contribution is 2.28. The summed E-state index contributed by atoms with van der Waals surface area (Å²) in [6.45, 7) is 5.81. The molecule has 5 rings (SSSR count). The van der Waals surface area contributed by atoms with Crippen LogP contribution in [-0.4, -0.2) is 56.4 Å². The summed E-state index contributed by atoms with van der Waals surface area (Å²) in [7, 11) is 0. The highest BCUT2D eigenvalue weighted by molar-refractivity contribution is 7.98. The highest BCUT2D eigenvalue weighted by Gasteiger charge is 2.24. The molecule has 0 unspecified atom stereocenters. The number of rotatable bonds is 6. The summed E-state index contributed by atoms with van der Waals surface area (Å²) in [6, 6.07) is 15.8. The minimum Gasteiger partial charge on any atom is -0.360 e. The molecule has 164 valence electrons. The molecule has 4 aromatic rings. The van der Waals surface area contributed by atoms with Crippen LogP contribution in [0.25, 0.3) is 5.65 Å². The number of nitrogens with zero attached hydrogens (tertiary/aromatic N) is 5. The van der Waals surface area contributed by atoms with Crippen LogP contribution >= 0.6 is 11.8 Å². The highest BCUT2D eigenvalue weighted by atomic mass is 32.2. The maximum absolute atomic E-state index is 13.3. The molecule has 32 heavy (non-hydrogen) atoms. The van der Waals surface area contributed by atoms with E-state index in [1.165, 1.54) is 0 Å². The van der Waals surface area contributed by atoms with Crippen LogP contribution in [0.15, 0.2) is 70.3 Å². The predicted molar refractivity (Wildman–Crippen MR) is 124 cm³/mol. The molecule has 4 heterocycles. The van der Waals surface area contributed by atoms with Crippen molar-refractivity contribution >= 4 is 23.3 Å². The number of benzene rings is 1. The number of thioether (sulfide) groups is 1. The topological polar surface area (TPSA) is 66.9 Å². The summed E-state index contributed by atoms with van der Waals surface area (Å²) in [5.41, 5.74) is 3.64. The molecule has 7 nitrogen and oxygen atoms in total. The number of carbonyl (C=O) groups is 1. The molecule has 0 radical (unpaired) electrons. The van der Waals surface area contributed by atoms with Crippen molar-refractivity contribution in [3.05, 3.63) is 83.6 Å². The molecule has 1 saturated heterocycles. The van der Waals surface area contributed by atoms with Gasteiger partial charge in [-0.05, 0) is 31.2 Å². The molecule has 1 amide bonds. The van der Waals surface area contributed by atoms with E-state index < -0.39 is 0 Å². The average molecular weight is 448 g/mol. The van der Waals surface area contributed by atoms with Crippen LogP contribution in [0.1, 0.15) is 27.5 Å². The summed E-state index contributed by atoms with van der Waals surface area (Å²) >= 11 is 1.61. The van der Waals surface area contributed by atoms with Crippen molar-refractivity contribution in [1.82, 2.24) is 24.3 Å². The van der Waals surface area contributed by atoms with Crippen LogP contribution in [0, 0.1) is 6.92 Å². The molecule has 8 heteroatoms. The zero-order valence-corrected chi connectivity index (χ0v) is 18.8. The molecule has 3 aromatic heterocycles. The lowest BCUT2D eigenvalue weighted by atomic mass is 10.1. The Bertz CT molecular complexity index is 1190. The number of hydrogen-bond donors (Lipinski definition) is 0. The first kappa shape index (κ1) is 20.8. The fourth-order valence-electron chi connectivity index (χ4n) is 3.97. The van der Waals surface area contributed by atoms with Crippen molar-refractivity contribution in [3.8, 4) is 0 Å². The van der Waals surface area contributed by atoms with Gasteiger partial charge in [-0.25, -0.2) is 4.98 Å². The van der Waals surface area contributed by atoms with Crippen molar-refractivity contribution in [2.45, 2.75) is 24.1 Å². The molecule has 1 aliphatic rings. The first-order valence-electron chi connectivity index (χ1n) is 10.7. The van der Waals surface area contributed by atoms with E-state index in [1.54, 1.807) is 11.8 Å². The van der Waals surface area contributed by atoms with Crippen LogP contribution in [0.3, 0.4) is 0 Å². The fourth-order valence-corrected chi connectivity index (χ4v) is 4.89. The van der Waals surface area contributed by atoms with Crippen LogP contribution in [0.4, 0.5) is 0 Å². The third-order valence-corrected chi connectivity index (χ3v) is 6.72. The predicted octanol–water partition coefficient (Wildman–Crippen LogP) is 3.88. The largest absolute Gasteiger partial charge is 0.360 e. The molecule has 0 aliphatic carbocycles. The Labute approximate surface area is 191 Å². The first-order chi connectivity index (χ1) is 15.7. The van der Waals surface area contributed by atoms with Crippen molar-refractivity contribution in [2.24, 2.45) is 0 Å². The fraction of sp³-hybridized carbons (Fsp3) is 0.292. The molecular formula is C24H25N5O2S. The van der Waals surface area contributed by atoms with Gasteiger partial charge in [0, 0.05) is 56.1 Å². The Morgan fingerprint density at radius 1 is 1.09 bits per heavy atom. The SMILES string of the molecule is Cc1cc(CSc2ccccc2C(=O)N2CCN(Cc3cn4ccccc4n3)CC2)on1. The maximum atomic E-state index is 13.3. The van der Waals surface area contributed by atoms with E-state index in [9.17, 15) is 4.79 Å². The van der Waals surface area contributed by atoms with Gasteiger partial charge in [-0.15, -0.1) is 11.8 Å². The van der Waals surface area contributed by atoms with Crippen LogP contribution in [0.5, 0.6) is 0 Å². The van der Waals surface area contributed by atoms with Crippen LogP contribution in [0.2, 0.25) is 0 Å². The molecule has 0 N–H and O–H groups in total. The number of piperazine rings is 1. The van der Waals surface area contributed by atoms with Gasteiger partial charge < -0.3 is 13.8 Å². The van der Waals surface area contributed by atoms with Crippen LogP contribution in [-0.2, 0) is 12.3 Å². The van der Waals surface area contributed by atoms with Gasteiger partial charge in [-0.3, -0.25) is 9.69 Å². The summed E-state index contributed by atoms with van der Waals surface area (Å²) in [5.74, 6) is 1.56. The third-order valence-electron chi connectivity index (χ3n) is 5.62. The molecule has 0 spiro atoms. The Morgan fingerprint density at radius 3 is 2.69 bits per heavy atom. The Morgan fingerprint density at radius 2 is 1.91 bits per heavy atom. The number of pyridine rings is 1. The van der Waals surface area contributed by atoms with Crippen molar-refractivity contribution in [3.63, 3.8) is 0 Å². The Kier molecular flexibility index (Phi) is 5.96. The van der Waals surface area contributed by atoms with Gasteiger partial charge in [0.1, 0.15) is 11.4 Å². The average Bonchev–Trinajstić information content (AvgIpc) is 3.43. The van der Waals surface area contributed by atoms with Crippen molar-refractivity contribution < 1.29 is 9.32 Å². The lowest BCUT2D eigenvalue weighted by Crippen LogP contribution is -2.48. The Balaban J connectivity index is 1.20. The smallest absolute Gasteiger partial charge is 0.255 e. The number of aryl methyl sites for hydroxylation is 1. The second-order valence-corrected chi connectivity index (χ2v) is 9.00. The number of carbonyl (C=O) groups excluding carboxylic acids is 1. The first-order valence-corrected chi connectivity index (χ1v) is 11.7. The van der Waals surface area contributed by atoms with Gasteiger partial charge >= 0.3 is 0 Å². The van der Waals surface area contributed by atoms with Gasteiger partial charge in [0.15, 0.2) is 0 Å². The number of hydrogen-bond acceptors (Lipinski definition) is 6. The van der Waals surface area contributed by atoms with Crippen molar-refractivity contribution in [2.75, 3.05) is 26.2 Å². The van der Waals surface area contributed by atoms with E-state index in [0.717, 1.165) is 52.9 Å². The van der Waals surface area contributed by atoms with Gasteiger partial charge in [-0.2, -0.15) is 0 Å². The van der Waals surface area contributed by atoms with E-state index in [1.807, 2.05) is 71.0 Å². The minimum absolute atomic E-state index is 0.0919. The lowest BCUT2D eigenvalue weighted by molar-refractivity contribution is 0.0624. The second kappa shape index (κ2) is 9.18.